The minimum Gasteiger partial charge on any atom is -0.508 e. The minimum absolute atomic E-state index is 0.0721. The van der Waals surface area contributed by atoms with Crippen molar-refractivity contribution in [1.82, 2.24) is 0 Å². The van der Waals surface area contributed by atoms with Gasteiger partial charge in [-0.15, -0.1) is 0 Å². The van der Waals surface area contributed by atoms with E-state index >= 15 is 0 Å². The summed E-state index contributed by atoms with van der Waals surface area (Å²) >= 11 is 0. The molecule has 0 fully saturated rings. The maximum atomic E-state index is 11.0. The van der Waals surface area contributed by atoms with Gasteiger partial charge >= 0.3 is 5.97 Å². The highest BCUT2D eigenvalue weighted by Crippen LogP contribution is 2.27. The van der Waals surface area contributed by atoms with Gasteiger partial charge in [0, 0.05) is 5.56 Å². The van der Waals surface area contributed by atoms with Crippen LogP contribution in [0.5, 0.6) is 11.5 Å². The number of hydrogen-bond donors (Lipinski definition) is 3. The molecule has 76 valence electrons. The molecule has 0 spiro atoms. The molecular formula is C9H11NO4. The average Bonchev–Trinajstić information content (AvgIpc) is 2.19. The molecule has 0 radical (unpaired) electrons. The SMILES string of the molecule is COC(=O)C(N)c1cc(O)ccc1O. The zero-order valence-electron chi connectivity index (χ0n) is 7.60. The standard InChI is InChI=1S/C9H11NO4/c1-14-9(13)8(10)6-4-5(11)2-3-7(6)12/h2-4,8,11-12H,10H2,1H3. The lowest BCUT2D eigenvalue weighted by Crippen LogP contribution is -2.22. The molecule has 0 heterocycles. The number of aromatic hydroxyl groups is 2. The molecule has 4 N–H and O–H groups in total. The Morgan fingerprint density at radius 3 is 2.71 bits per heavy atom. The van der Waals surface area contributed by atoms with Crippen molar-refractivity contribution in [2.24, 2.45) is 5.73 Å². The third kappa shape index (κ3) is 1.94. The molecular weight excluding hydrogens is 186 g/mol. The molecule has 0 aliphatic heterocycles. The van der Waals surface area contributed by atoms with Crippen LogP contribution in [0.4, 0.5) is 0 Å². The van der Waals surface area contributed by atoms with Crippen LogP contribution in [0.1, 0.15) is 11.6 Å². The highest BCUT2D eigenvalue weighted by Gasteiger charge is 2.19. The van der Waals surface area contributed by atoms with Crippen LogP contribution in [-0.2, 0) is 9.53 Å². The van der Waals surface area contributed by atoms with Crippen molar-refractivity contribution in [2.45, 2.75) is 6.04 Å². The lowest BCUT2D eigenvalue weighted by Gasteiger charge is -2.11. The van der Waals surface area contributed by atoms with Gasteiger partial charge in [0.15, 0.2) is 0 Å². The molecule has 0 amide bonds. The molecule has 0 bridgehead atoms. The molecule has 0 aromatic heterocycles. The summed E-state index contributed by atoms with van der Waals surface area (Å²) in [7, 11) is 1.20. The molecule has 5 nitrogen and oxygen atoms in total. The van der Waals surface area contributed by atoms with Crippen molar-refractivity contribution in [2.75, 3.05) is 7.11 Å². The predicted molar refractivity (Wildman–Crippen MR) is 48.7 cm³/mol. The summed E-state index contributed by atoms with van der Waals surface area (Å²) < 4.78 is 4.40. The van der Waals surface area contributed by atoms with E-state index in [2.05, 4.69) is 4.74 Å². The van der Waals surface area contributed by atoms with E-state index in [0.29, 0.717) is 0 Å². The molecule has 1 aromatic rings. The van der Waals surface area contributed by atoms with Gasteiger partial charge in [-0.1, -0.05) is 0 Å². The maximum absolute atomic E-state index is 11.0. The Morgan fingerprint density at radius 1 is 1.50 bits per heavy atom. The number of phenolic OH excluding ortho intramolecular Hbond substituents is 2. The van der Waals surface area contributed by atoms with Gasteiger partial charge in [0.05, 0.1) is 7.11 Å². The van der Waals surface area contributed by atoms with Gasteiger partial charge in [-0.2, -0.15) is 0 Å². The lowest BCUT2D eigenvalue weighted by atomic mass is 10.1. The number of nitrogens with two attached hydrogens (primary N) is 1. The van der Waals surface area contributed by atoms with E-state index < -0.39 is 12.0 Å². The molecule has 1 unspecified atom stereocenters. The minimum atomic E-state index is -1.09. The number of esters is 1. The largest absolute Gasteiger partial charge is 0.508 e. The summed E-state index contributed by atoms with van der Waals surface area (Å²) in [5.74, 6) is -0.899. The van der Waals surface area contributed by atoms with Gasteiger partial charge in [-0.25, -0.2) is 0 Å². The molecule has 0 saturated carbocycles. The first-order valence-electron chi connectivity index (χ1n) is 3.91. The third-order valence-corrected chi connectivity index (χ3v) is 1.80. The zero-order chi connectivity index (χ0) is 10.7. The average molecular weight is 197 g/mol. The number of hydrogen-bond acceptors (Lipinski definition) is 5. The molecule has 5 heteroatoms. The first-order valence-corrected chi connectivity index (χ1v) is 3.91. The molecule has 1 aromatic carbocycles. The van der Waals surface area contributed by atoms with Crippen LogP contribution < -0.4 is 5.73 Å². The number of methoxy groups -OCH3 is 1. The van der Waals surface area contributed by atoms with E-state index in [1.54, 1.807) is 0 Å². The van der Waals surface area contributed by atoms with E-state index in [-0.39, 0.29) is 17.1 Å². The molecule has 14 heavy (non-hydrogen) atoms. The van der Waals surface area contributed by atoms with Crippen LogP contribution in [0.3, 0.4) is 0 Å². The van der Waals surface area contributed by atoms with Crippen molar-refractivity contribution < 1.29 is 19.7 Å². The molecule has 1 rings (SSSR count). The Bertz CT molecular complexity index is 351. The second kappa shape index (κ2) is 3.97. The quantitative estimate of drug-likeness (QED) is 0.467. The van der Waals surface area contributed by atoms with Crippen molar-refractivity contribution >= 4 is 5.97 Å². The lowest BCUT2D eigenvalue weighted by molar-refractivity contribution is -0.142. The predicted octanol–water partition coefficient (Wildman–Crippen LogP) is 0.271. The van der Waals surface area contributed by atoms with Gasteiger partial charge in [0.25, 0.3) is 0 Å². The Hall–Kier alpha value is -1.75. The summed E-state index contributed by atoms with van der Waals surface area (Å²) in [6.07, 6.45) is 0. The Balaban J connectivity index is 3.05. The highest BCUT2D eigenvalue weighted by atomic mass is 16.5. The molecule has 0 aliphatic rings. The smallest absolute Gasteiger partial charge is 0.327 e. The number of ether oxygens (including phenoxy) is 1. The van der Waals surface area contributed by atoms with Gasteiger partial charge in [-0.05, 0) is 18.2 Å². The summed E-state index contributed by atoms with van der Waals surface area (Å²) in [5.41, 5.74) is 5.61. The van der Waals surface area contributed by atoms with Crippen LogP contribution >= 0.6 is 0 Å². The van der Waals surface area contributed by atoms with E-state index in [9.17, 15) is 9.90 Å². The fourth-order valence-corrected chi connectivity index (χ4v) is 1.04. The molecule has 0 aliphatic carbocycles. The monoisotopic (exact) mass is 197 g/mol. The number of benzene rings is 1. The Kier molecular flexibility index (Phi) is 2.93. The van der Waals surface area contributed by atoms with E-state index in [1.807, 2.05) is 0 Å². The summed E-state index contributed by atoms with van der Waals surface area (Å²) in [6, 6.07) is 2.68. The number of carbonyl (C=O) groups excluding carboxylic acids is 1. The maximum Gasteiger partial charge on any atom is 0.327 e. The van der Waals surface area contributed by atoms with E-state index in [4.69, 9.17) is 10.8 Å². The van der Waals surface area contributed by atoms with Crippen LogP contribution in [-0.4, -0.2) is 23.3 Å². The fourth-order valence-electron chi connectivity index (χ4n) is 1.04. The van der Waals surface area contributed by atoms with Crippen molar-refractivity contribution in [1.29, 1.82) is 0 Å². The fraction of sp³-hybridized carbons (Fsp3) is 0.222. The first kappa shape index (κ1) is 10.3. The van der Waals surface area contributed by atoms with Gasteiger partial charge in [0.2, 0.25) is 0 Å². The van der Waals surface area contributed by atoms with Crippen molar-refractivity contribution in [3.63, 3.8) is 0 Å². The second-order valence-electron chi connectivity index (χ2n) is 2.74. The Labute approximate surface area is 80.7 Å². The van der Waals surface area contributed by atoms with Gasteiger partial charge in [-0.3, -0.25) is 4.79 Å². The topological polar surface area (TPSA) is 92.8 Å². The van der Waals surface area contributed by atoms with Crippen molar-refractivity contribution in [3.8, 4) is 11.5 Å². The van der Waals surface area contributed by atoms with E-state index in [0.717, 1.165) is 0 Å². The summed E-state index contributed by atoms with van der Waals surface area (Å²) in [4.78, 5) is 11.0. The molecule has 0 saturated heterocycles. The van der Waals surface area contributed by atoms with Gasteiger partial charge in [0.1, 0.15) is 17.5 Å². The summed E-state index contributed by atoms with van der Waals surface area (Å²) in [5, 5.41) is 18.5. The van der Waals surface area contributed by atoms with Crippen molar-refractivity contribution in [3.05, 3.63) is 23.8 Å². The number of rotatable bonds is 2. The normalized spacial score (nSPS) is 12.1. The molecule has 1 atom stereocenters. The number of carbonyl (C=O) groups is 1. The number of phenols is 2. The highest BCUT2D eigenvalue weighted by molar-refractivity contribution is 5.78. The Morgan fingerprint density at radius 2 is 2.14 bits per heavy atom. The zero-order valence-corrected chi connectivity index (χ0v) is 7.60. The third-order valence-electron chi connectivity index (χ3n) is 1.80. The first-order chi connectivity index (χ1) is 6.56. The van der Waals surface area contributed by atoms with Crippen LogP contribution in [0.25, 0.3) is 0 Å². The van der Waals surface area contributed by atoms with Crippen LogP contribution in [0, 0.1) is 0 Å². The van der Waals surface area contributed by atoms with E-state index in [1.165, 1.54) is 25.3 Å². The van der Waals surface area contributed by atoms with Crippen LogP contribution in [0.15, 0.2) is 18.2 Å². The van der Waals surface area contributed by atoms with Gasteiger partial charge < -0.3 is 20.7 Å². The summed E-state index contributed by atoms with van der Waals surface area (Å²) in [6.45, 7) is 0. The second-order valence-corrected chi connectivity index (χ2v) is 2.74. The van der Waals surface area contributed by atoms with Crippen LogP contribution in [0.2, 0.25) is 0 Å².